The molecule has 2 bridgehead atoms. The summed E-state index contributed by atoms with van der Waals surface area (Å²) in [4.78, 5) is 27.4. The Morgan fingerprint density at radius 1 is 1.29 bits per heavy atom. The highest BCUT2D eigenvalue weighted by Crippen LogP contribution is 2.69. The van der Waals surface area contributed by atoms with Crippen molar-refractivity contribution in [3.8, 4) is 0 Å². The lowest BCUT2D eigenvalue weighted by atomic mass is 9.50. The van der Waals surface area contributed by atoms with Crippen LogP contribution < -0.4 is 5.32 Å². The molecule has 0 aromatic heterocycles. The second-order valence-electron chi connectivity index (χ2n) is 10.6. The number of nitrogens with one attached hydrogen (secondary N) is 1. The highest BCUT2D eigenvalue weighted by atomic mass is 16.5. The molecule has 0 aromatic rings. The lowest BCUT2D eigenvalue weighted by molar-refractivity contribution is -0.143. The van der Waals surface area contributed by atoms with Crippen LogP contribution in [0.25, 0.3) is 0 Å². The lowest BCUT2D eigenvalue weighted by Crippen LogP contribution is -2.55. The highest BCUT2D eigenvalue weighted by molar-refractivity contribution is 6.14. The van der Waals surface area contributed by atoms with E-state index in [2.05, 4.69) is 46.0 Å². The zero-order valence-electron chi connectivity index (χ0n) is 17.9. The van der Waals surface area contributed by atoms with Gasteiger partial charge in [-0.3, -0.25) is 9.59 Å². The maximum atomic E-state index is 13.8. The van der Waals surface area contributed by atoms with Crippen molar-refractivity contribution in [1.29, 1.82) is 0 Å². The Morgan fingerprint density at radius 2 is 2.04 bits per heavy atom. The molecule has 1 N–H and O–H groups in total. The van der Waals surface area contributed by atoms with Crippen molar-refractivity contribution < 1.29 is 14.3 Å². The van der Waals surface area contributed by atoms with Crippen LogP contribution in [0.15, 0.2) is 22.8 Å². The van der Waals surface area contributed by atoms with Crippen molar-refractivity contribution in [2.24, 2.45) is 29.1 Å². The first kappa shape index (κ1) is 18.6. The molecule has 2 saturated heterocycles. The predicted molar refractivity (Wildman–Crippen MR) is 107 cm³/mol. The molecule has 1 amide bonds. The van der Waals surface area contributed by atoms with Crippen molar-refractivity contribution in [1.82, 2.24) is 5.32 Å². The van der Waals surface area contributed by atoms with Crippen LogP contribution in [0.2, 0.25) is 0 Å². The first-order valence-electron chi connectivity index (χ1n) is 11.1. The van der Waals surface area contributed by atoms with Gasteiger partial charge < -0.3 is 10.1 Å². The maximum absolute atomic E-state index is 13.8. The summed E-state index contributed by atoms with van der Waals surface area (Å²) in [5, 5.41) is 3.25. The number of carbonyl (C=O) groups is 2. The van der Waals surface area contributed by atoms with Gasteiger partial charge in [-0.1, -0.05) is 32.8 Å². The Kier molecular flexibility index (Phi) is 3.71. The molecule has 0 radical (unpaired) electrons. The number of amides is 1. The van der Waals surface area contributed by atoms with Crippen molar-refractivity contribution in [3.63, 3.8) is 0 Å². The third kappa shape index (κ3) is 2.00. The van der Waals surface area contributed by atoms with Gasteiger partial charge in [0.2, 0.25) is 5.91 Å². The van der Waals surface area contributed by atoms with E-state index in [1.807, 2.05) is 0 Å². The largest absolute Gasteiger partial charge is 0.345 e. The van der Waals surface area contributed by atoms with Crippen LogP contribution in [0.1, 0.15) is 73.1 Å². The Bertz CT molecular complexity index is 839. The van der Waals surface area contributed by atoms with Crippen LogP contribution >= 0.6 is 0 Å². The summed E-state index contributed by atoms with van der Waals surface area (Å²) < 4.78 is 6.74. The molecule has 2 aliphatic heterocycles. The van der Waals surface area contributed by atoms with Crippen LogP contribution in [0.5, 0.6) is 0 Å². The minimum atomic E-state index is -1.04. The normalized spacial score (nSPS) is 46.9. The number of fused-ring (bicyclic) bond motifs is 3. The fraction of sp³-hybridized carbons (Fsp3) is 0.750. The van der Waals surface area contributed by atoms with Crippen molar-refractivity contribution >= 4 is 11.7 Å². The molecule has 3 aliphatic carbocycles. The average molecular weight is 384 g/mol. The summed E-state index contributed by atoms with van der Waals surface area (Å²) in [6, 6.07) is 0. The van der Waals surface area contributed by atoms with E-state index in [4.69, 9.17) is 4.74 Å². The Balaban J connectivity index is 1.78. The summed E-state index contributed by atoms with van der Waals surface area (Å²) >= 11 is 0. The van der Waals surface area contributed by atoms with Gasteiger partial charge in [0.25, 0.3) is 0 Å². The summed E-state index contributed by atoms with van der Waals surface area (Å²) in [6.45, 7) is 10.9. The molecule has 6 atom stereocenters. The standard InChI is InChI=1S/C24H33NO3/c1-13(2)11-23-20-15(4)22(5,28-23)12-17-19-14(3)8-6-7-9-16(19)10-18(26)24(17,20)21(27)25-23/h12-13,15-16,20H,6-11H2,1-5H3,(H,25,27)/t15-,16-,20-,22+,23+,24+/m0/s1. The molecule has 28 heavy (non-hydrogen) atoms. The van der Waals surface area contributed by atoms with E-state index in [0.717, 1.165) is 31.3 Å². The molecule has 2 heterocycles. The third-order valence-electron chi connectivity index (χ3n) is 8.41. The van der Waals surface area contributed by atoms with Gasteiger partial charge in [-0.25, -0.2) is 0 Å². The van der Waals surface area contributed by atoms with Gasteiger partial charge in [0.1, 0.15) is 11.1 Å². The summed E-state index contributed by atoms with van der Waals surface area (Å²) in [5.74, 6) is 0.689. The second-order valence-corrected chi connectivity index (χ2v) is 10.6. The third-order valence-corrected chi connectivity index (χ3v) is 8.41. The summed E-state index contributed by atoms with van der Waals surface area (Å²) in [5.41, 5.74) is 1.52. The number of carbonyl (C=O) groups excluding carboxylic acids is 2. The molecule has 3 fully saturated rings. The molecule has 4 heteroatoms. The van der Waals surface area contributed by atoms with E-state index in [0.29, 0.717) is 12.3 Å². The van der Waals surface area contributed by atoms with Crippen LogP contribution in [0.4, 0.5) is 0 Å². The minimum Gasteiger partial charge on any atom is -0.345 e. The average Bonchev–Trinajstić information content (AvgIpc) is 2.78. The fourth-order valence-corrected chi connectivity index (χ4v) is 7.41. The number of Topliss-reactive ketones (excluding diaryl/α,β-unsaturated/α-hetero) is 1. The Morgan fingerprint density at radius 3 is 2.75 bits per heavy atom. The van der Waals surface area contributed by atoms with Crippen LogP contribution in [0, 0.1) is 29.1 Å². The second kappa shape index (κ2) is 5.59. The van der Waals surface area contributed by atoms with Crippen LogP contribution in [-0.4, -0.2) is 23.0 Å². The van der Waals surface area contributed by atoms with Gasteiger partial charge in [-0.2, -0.15) is 0 Å². The Labute approximate surface area is 168 Å². The predicted octanol–water partition coefficient (Wildman–Crippen LogP) is 4.31. The number of ether oxygens (including phenoxy) is 1. The summed E-state index contributed by atoms with van der Waals surface area (Å²) in [6.07, 6.45) is 7.93. The van der Waals surface area contributed by atoms with Gasteiger partial charge in [-0.15, -0.1) is 0 Å². The number of allylic oxidation sites excluding steroid dienone is 2. The molecule has 0 unspecified atom stereocenters. The van der Waals surface area contributed by atoms with Crippen molar-refractivity contribution in [3.05, 3.63) is 22.8 Å². The topological polar surface area (TPSA) is 55.4 Å². The minimum absolute atomic E-state index is 0.106. The van der Waals surface area contributed by atoms with Gasteiger partial charge in [0.05, 0.1) is 5.60 Å². The van der Waals surface area contributed by atoms with Crippen LogP contribution in [0.3, 0.4) is 0 Å². The van der Waals surface area contributed by atoms with Gasteiger partial charge in [0.15, 0.2) is 5.78 Å². The first-order chi connectivity index (χ1) is 13.2. The van der Waals surface area contributed by atoms with Gasteiger partial charge in [-0.05, 0) is 74.5 Å². The zero-order valence-corrected chi connectivity index (χ0v) is 17.9. The number of hydrogen-bond acceptors (Lipinski definition) is 3. The maximum Gasteiger partial charge on any atom is 0.240 e. The molecular formula is C24H33NO3. The Hall–Kier alpha value is -1.42. The number of hydrogen-bond donors (Lipinski definition) is 1. The molecule has 5 aliphatic rings. The summed E-state index contributed by atoms with van der Waals surface area (Å²) in [7, 11) is 0. The van der Waals surface area contributed by atoms with Crippen molar-refractivity contribution in [2.75, 3.05) is 0 Å². The van der Waals surface area contributed by atoms with Gasteiger partial charge in [0, 0.05) is 12.3 Å². The van der Waals surface area contributed by atoms with E-state index in [1.165, 1.54) is 17.6 Å². The van der Waals surface area contributed by atoms with Gasteiger partial charge >= 0.3 is 0 Å². The monoisotopic (exact) mass is 383 g/mol. The highest BCUT2D eigenvalue weighted by Gasteiger charge is 2.78. The number of ketones is 1. The molecule has 152 valence electrons. The molecule has 4 nitrogen and oxygen atoms in total. The van der Waals surface area contributed by atoms with E-state index in [-0.39, 0.29) is 29.4 Å². The lowest BCUT2D eigenvalue weighted by Gasteiger charge is -2.48. The van der Waals surface area contributed by atoms with Crippen molar-refractivity contribution in [2.45, 2.75) is 84.5 Å². The molecular weight excluding hydrogens is 350 g/mol. The fourth-order valence-electron chi connectivity index (χ4n) is 7.41. The molecule has 0 aromatic carbocycles. The van der Waals surface area contributed by atoms with E-state index in [9.17, 15) is 9.59 Å². The zero-order chi connectivity index (χ0) is 20.1. The molecule has 5 rings (SSSR count). The smallest absolute Gasteiger partial charge is 0.240 e. The quantitative estimate of drug-likeness (QED) is 0.723. The van der Waals surface area contributed by atoms with E-state index >= 15 is 0 Å². The van der Waals surface area contributed by atoms with E-state index < -0.39 is 16.7 Å². The number of rotatable bonds is 2. The first-order valence-corrected chi connectivity index (χ1v) is 11.1. The molecule has 1 spiro atoms. The van der Waals surface area contributed by atoms with E-state index in [1.54, 1.807) is 0 Å². The van der Waals surface area contributed by atoms with Crippen LogP contribution in [-0.2, 0) is 14.3 Å². The SMILES string of the molecule is CC1=C2C3=C[C@@]4(C)O[C@@]5(CC(C)C)NC(=O)[C@]3(C(=O)C[C@@H]2CCCC1)[C@H]5[C@@H]4C. The molecule has 1 saturated carbocycles.